The van der Waals surface area contributed by atoms with Crippen LogP contribution in [-0.4, -0.2) is 23.7 Å². The van der Waals surface area contributed by atoms with Crippen molar-refractivity contribution in [2.24, 2.45) is 5.84 Å². The first-order valence-electron chi connectivity index (χ1n) is 6.01. The zero-order chi connectivity index (χ0) is 15.2. The van der Waals surface area contributed by atoms with Gasteiger partial charge in [-0.1, -0.05) is 12.1 Å². The van der Waals surface area contributed by atoms with E-state index in [-0.39, 0.29) is 5.75 Å². The molecule has 0 spiro atoms. The molecule has 1 atom stereocenters. The predicted octanol–water partition coefficient (Wildman–Crippen LogP) is 1.64. The Morgan fingerprint density at radius 1 is 1.24 bits per heavy atom. The number of nitrogens with zero attached hydrogens (tertiary/aromatic N) is 2. The molecule has 112 valence electrons. The van der Waals surface area contributed by atoms with E-state index in [0.717, 1.165) is 0 Å². The molecule has 0 aliphatic carbocycles. The summed E-state index contributed by atoms with van der Waals surface area (Å²) in [7, 11) is 1.46. The van der Waals surface area contributed by atoms with Crippen molar-refractivity contribution in [1.82, 2.24) is 15.4 Å². The van der Waals surface area contributed by atoms with Crippen molar-refractivity contribution >= 4 is 0 Å². The Balaban J connectivity index is 2.37. The quantitative estimate of drug-likeness (QED) is 0.623. The van der Waals surface area contributed by atoms with Crippen molar-refractivity contribution in [3.8, 4) is 11.6 Å². The number of aromatic nitrogens is 2. The summed E-state index contributed by atoms with van der Waals surface area (Å²) in [4.78, 5) is 8.20. The van der Waals surface area contributed by atoms with E-state index in [4.69, 9.17) is 10.6 Å². The van der Waals surface area contributed by atoms with Crippen molar-refractivity contribution in [3.63, 3.8) is 0 Å². The van der Waals surface area contributed by atoms with Gasteiger partial charge in [0, 0.05) is 12.4 Å². The smallest absolute Gasteiger partial charge is 0.387 e. The summed E-state index contributed by atoms with van der Waals surface area (Å²) in [6.45, 7) is -2.89. The monoisotopic (exact) mass is 296 g/mol. The summed E-state index contributed by atoms with van der Waals surface area (Å²) in [5.41, 5.74) is 3.60. The topological polar surface area (TPSA) is 82.3 Å². The molecule has 0 amide bonds. The number of methoxy groups -OCH3 is 1. The lowest BCUT2D eigenvalue weighted by Gasteiger charge is -2.18. The van der Waals surface area contributed by atoms with Crippen LogP contribution in [0.3, 0.4) is 0 Å². The van der Waals surface area contributed by atoms with E-state index in [0.29, 0.717) is 17.1 Å². The van der Waals surface area contributed by atoms with Gasteiger partial charge in [-0.2, -0.15) is 8.78 Å². The summed E-state index contributed by atoms with van der Waals surface area (Å²) in [6.07, 6.45) is 2.97. The third-order valence-corrected chi connectivity index (χ3v) is 2.74. The Morgan fingerprint density at radius 3 is 2.67 bits per heavy atom. The number of halogens is 2. The highest BCUT2D eigenvalue weighted by molar-refractivity contribution is 5.37. The van der Waals surface area contributed by atoms with Gasteiger partial charge in [-0.05, 0) is 17.7 Å². The fraction of sp³-hybridized carbons (Fsp3) is 0.231. The lowest BCUT2D eigenvalue weighted by molar-refractivity contribution is -0.0498. The minimum atomic E-state index is -2.89. The predicted molar refractivity (Wildman–Crippen MR) is 70.8 cm³/mol. The van der Waals surface area contributed by atoms with Crippen LogP contribution in [0.5, 0.6) is 11.6 Å². The van der Waals surface area contributed by atoms with Gasteiger partial charge in [0.25, 0.3) is 0 Å². The van der Waals surface area contributed by atoms with E-state index < -0.39 is 12.7 Å². The molecule has 0 fully saturated rings. The first kappa shape index (κ1) is 15.1. The van der Waals surface area contributed by atoms with Crippen LogP contribution in [0, 0.1) is 0 Å². The fourth-order valence-corrected chi connectivity index (χ4v) is 1.89. The minimum Gasteiger partial charge on any atom is -0.480 e. The van der Waals surface area contributed by atoms with E-state index in [9.17, 15) is 8.78 Å². The second-order valence-corrected chi connectivity index (χ2v) is 4.00. The number of hydrogen-bond acceptors (Lipinski definition) is 6. The summed E-state index contributed by atoms with van der Waals surface area (Å²) >= 11 is 0. The molecule has 0 saturated heterocycles. The molecule has 0 aliphatic heterocycles. The molecule has 3 N–H and O–H groups in total. The molecule has 0 radical (unpaired) electrons. The highest BCUT2D eigenvalue weighted by Gasteiger charge is 2.20. The largest absolute Gasteiger partial charge is 0.480 e. The molecular weight excluding hydrogens is 282 g/mol. The zero-order valence-electron chi connectivity index (χ0n) is 11.2. The zero-order valence-corrected chi connectivity index (χ0v) is 11.2. The van der Waals surface area contributed by atoms with Crippen LogP contribution >= 0.6 is 0 Å². The second-order valence-electron chi connectivity index (χ2n) is 4.00. The molecule has 0 aliphatic rings. The Labute approximate surface area is 119 Å². The van der Waals surface area contributed by atoms with Crippen molar-refractivity contribution in [1.29, 1.82) is 0 Å². The number of nitrogens with one attached hydrogen (secondary N) is 1. The maximum atomic E-state index is 12.3. The van der Waals surface area contributed by atoms with E-state index >= 15 is 0 Å². The Morgan fingerprint density at radius 2 is 2.00 bits per heavy atom. The molecule has 1 aromatic carbocycles. The highest BCUT2D eigenvalue weighted by atomic mass is 19.3. The van der Waals surface area contributed by atoms with E-state index in [1.807, 2.05) is 0 Å². The number of benzene rings is 1. The molecule has 21 heavy (non-hydrogen) atoms. The van der Waals surface area contributed by atoms with Crippen LogP contribution in [0.1, 0.15) is 17.3 Å². The first-order chi connectivity index (χ1) is 10.2. The first-order valence-corrected chi connectivity index (χ1v) is 6.01. The van der Waals surface area contributed by atoms with E-state index in [1.165, 1.54) is 31.6 Å². The number of rotatable bonds is 6. The van der Waals surface area contributed by atoms with Gasteiger partial charge >= 0.3 is 6.61 Å². The van der Waals surface area contributed by atoms with Crippen molar-refractivity contribution in [2.45, 2.75) is 12.7 Å². The van der Waals surface area contributed by atoms with Gasteiger partial charge in [0.05, 0.1) is 13.2 Å². The maximum Gasteiger partial charge on any atom is 0.387 e. The van der Waals surface area contributed by atoms with E-state index in [1.54, 1.807) is 12.1 Å². The van der Waals surface area contributed by atoms with Gasteiger partial charge < -0.3 is 9.47 Å². The lowest BCUT2D eigenvalue weighted by atomic mass is 10.0. The molecule has 1 heterocycles. The maximum absolute atomic E-state index is 12.3. The van der Waals surface area contributed by atoms with Gasteiger partial charge in [0.2, 0.25) is 5.88 Å². The van der Waals surface area contributed by atoms with Crippen molar-refractivity contribution in [2.75, 3.05) is 7.11 Å². The van der Waals surface area contributed by atoms with Gasteiger partial charge in [-0.25, -0.2) is 10.4 Å². The van der Waals surface area contributed by atoms with Gasteiger partial charge in [-0.15, -0.1) is 0 Å². The molecule has 1 aromatic heterocycles. The van der Waals surface area contributed by atoms with E-state index in [2.05, 4.69) is 20.1 Å². The van der Waals surface area contributed by atoms with Crippen LogP contribution in [0.25, 0.3) is 0 Å². The van der Waals surface area contributed by atoms with Crippen LogP contribution in [0.4, 0.5) is 8.78 Å². The fourth-order valence-electron chi connectivity index (χ4n) is 1.89. The number of hydrogen-bond donors (Lipinski definition) is 2. The van der Waals surface area contributed by atoms with Gasteiger partial charge in [0.15, 0.2) is 0 Å². The molecule has 1 unspecified atom stereocenters. The summed E-state index contributed by atoms with van der Waals surface area (Å²) in [5.74, 6) is 5.87. The molecule has 2 aromatic rings. The van der Waals surface area contributed by atoms with Crippen LogP contribution in [0.15, 0.2) is 36.7 Å². The molecule has 6 nitrogen and oxygen atoms in total. The third-order valence-electron chi connectivity index (χ3n) is 2.74. The van der Waals surface area contributed by atoms with Crippen molar-refractivity contribution in [3.05, 3.63) is 47.9 Å². The number of alkyl halides is 2. The lowest BCUT2D eigenvalue weighted by Crippen LogP contribution is -2.30. The number of hydrazine groups is 1. The average Bonchev–Trinajstić information content (AvgIpc) is 2.48. The van der Waals surface area contributed by atoms with Crippen LogP contribution in [0.2, 0.25) is 0 Å². The standard InChI is InChI=1S/C13H14F2N4O2/c1-20-12-11(17-5-6-18-12)10(19-16)8-3-2-4-9(7-8)21-13(14)15/h2-7,10,13,19H,16H2,1H3. The van der Waals surface area contributed by atoms with Crippen molar-refractivity contribution < 1.29 is 18.3 Å². The molecular formula is C13H14F2N4O2. The van der Waals surface area contributed by atoms with Gasteiger partial charge in [-0.3, -0.25) is 10.8 Å². The average molecular weight is 296 g/mol. The highest BCUT2D eigenvalue weighted by Crippen LogP contribution is 2.28. The van der Waals surface area contributed by atoms with Gasteiger partial charge in [0.1, 0.15) is 11.4 Å². The number of ether oxygens (including phenoxy) is 2. The summed E-state index contributed by atoms with van der Waals surface area (Å²) < 4.78 is 34.0. The second kappa shape index (κ2) is 6.91. The molecule has 0 saturated carbocycles. The Kier molecular flexibility index (Phi) is 4.96. The Hall–Kier alpha value is -2.32. The SMILES string of the molecule is COc1nccnc1C(NN)c1cccc(OC(F)F)c1. The Bertz CT molecular complexity index is 598. The normalized spacial score (nSPS) is 12.2. The summed E-state index contributed by atoms with van der Waals surface area (Å²) in [5, 5.41) is 0. The minimum absolute atomic E-state index is 0.0330. The molecule has 8 heteroatoms. The molecule has 0 bridgehead atoms. The summed E-state index contributed by atoms with van der Waals surface area (Å²) in [6, 6.07) is 5.59. The molecule has 2 rings (SSSR count). The van der Waals surface area contributed by atoms with Crippen LogP contribution < -0.4 is 20.7 Å². The number of nitrogens with two attached hydrogens (primary N) is 1. The van der Waals surface area contributed by atoms with Crippen LogP contribution in [-0.2, 0) is 0 Å². The third kappa shape index (κ3) is 3.61.